The van der Waals surface area contributed by atoms with E-state index in [0.717, 1.165) is 27.8 Å². The van der Waals surface area contributed by atoms with Gasteiger partial charge in [0.25, 0.3) is 0 Å². The molecule has 10 aromatic rings. The molecule has 53 heavy (non-hydrogen) atoms. The lowest BCUT2D eigenvalue weighted by Gasteiger charge is -2.26. The van der Waals surface area contributed by atoms with Gasteiger partial charge < -0.3 is 4.90 Å². The van der Waals surface area contributed by atoms with Gasteiger partial charge in [-0.15, -0.1) is 0 Å². The number of nitrogens with zero attached hydrogens (tertiary/aromatic N) is 3. The Bertz CT molecular complexity index is 2810. The maximum atomic E-state index is 4.28. The van der Waals surface area contributed by atoms with Gasteiger partial charge in [0.15, 0.2) is 0 Å². The minimum atomic E-state index is 1.09. The monoisotopic (exact) mass is 675 g/mol. The van der Waals surface area contributed by atoms with Gasteiger partial charge >= 0.3 is 0 Å². The van der Waals surface area contributed by atoms with Crippen LogP contribution < -0.4 is 4.90 Å². The Hall–Kier alpha value is -7.10. The largest absolute Gasteiger partial charge is 0.310 e. The highest BCUT2D eigenvalue weighted by Crippen LogP contribution is 2.40. The van der Waals surface area contributed by atoms with E-state index in [2.05, 4.69) is 191 Å². The molecule has 3 nitrogen and oxygen atoms in total. The molecule has 0 radical (unpaired) electrons. The molecule has 0 fully saturated rings. The average molecular weight is 676 g/mol. The first-order valence-electron chi connectivity index (χ1n) is 17.9. The van der Waals surface area contributed by atoms with Gasteiger partial charge in [0.05, 0.1) is 0 Å². The summed E-state index contributed by atoms with van der Waals surface area (Å²) in [7, 11) is 0. The molecule has 10 rings (SSSR count). The highest BCUT2D eigenvalue weighted by atomic mass is 15.1. The molecular weight excluding hydrogens is 643 g/mol. The van der Waals surface area contributed by atoms with E-state index in [-0.39, 0.29) is 0 Å². The molecule has 0 aliphatic rings. The Morgan fingerprint density at radius 1 is 0.283 bits per heavy atom. The fraction of sp³-hybridized carbons (Fsp3) is 0. The van der Waals surface area contributed by atoms with E-state index in [0.29, 0.717) is 0 Å². The van der Waals surface area contributed by atoms with Crippen LogP contribution >= 0.6 is 0 Å². The predicted octanol–water partition coefficient (Wildman–Crippen LogP) is 13.6. The second-order valence-electron chi connectivity index (χ2n) is 13.6. The first kappa shape index (κ1) is 30.7. The minimum absolute atomic E-state index is 1.09. The smallest absolute Gasteiger partial charge is 0.0468 e. The van der Waals surface area contributed by atoms with Crippen LogP contribution in [0.5, 0.6) is 0 Å². The lowest BCUT2D eigenvalue weighted by Crippen LogP contribution is -2.09. The highest BCUT2D eigenvalue weighted by molar-refractivity contribution is 6.09. The van der Waals surface area contributed by atoms with Gasteiger partial charge in [-0.25, -0.2) is 0 Å². The topological polar surface area (TPSA) is 29.0 Å². The zero-order valence-electron chi connectivity index (χ0n) is 28.9. The normalized spacial score (nSPS) is 11.4. The van der Waals surface area contributed by atoms with Crippen LogP contribution in [0.25, 0.3) is 76.5 Å². The molecular formula is C50H33N3. The molecule has 8 aromatic carbocycles. The lowest BCUT2D eigenvalue weighted by molar-refractivity contribution is 1.29. The van der Waals surface area contributed by atoms with Crippen molar-refractivity contribution in [1.29, 1.82) is 0 Å². The third kappa shape index (κ3) is 5.75. The van der Waals surface area contributed by atoms with E-state index in [1.165, 1.54) is 65.7 Å². The van der Waals surface area contributed by atoms with Gasteiger partial charge in [-0.1, -0.05) is 109 Å². The number of pyridine rings is 2. The van der Waals surface area contributed by atoms with Gasteiger partial charge in [-0.3, -0.25) is 9.97 Å². The molecule has 3 heteroatoms. The number of hydrogen-bond acceptors (Lipinski definition) is 3. The van der Waals surface area contributed by atoms with Crippen molar-refractivity contribution >= 4 is 60.2 Å². The van der Waals surface area contributed by atoms with Crippen molar-refractivity contribution in [2.45, 2.75) is 0 Å². The highest BCUT2D eigenvalue weighted by Gasteiger charge is 2.15. The average Bonchev–Trinajstić information content (AvgIpc) is 3.24. The van der Waals surface area contributed by atoms with E-state index in [4.69, 9.17) is 0 Å². The van der Waals surface area contributed by atoms with Crippen molar-refractivity contribution in [2.24, 2.45) is 0 Å². The summed E-state index contributed by atoms with van der Waals surface area (Å²) in [5.74, 6) is 0. The first-order chi connectivity index (χ1) is 26.2. The van der Waals surface area contributed by atoms with Crippen molar-refractivity contribution in [2.75, 3.05) is 4.90 Å². The van der Waals surface area contributed by atoms with Gasteiger partial charge in [0.2, 0.25) is 0 Å². The zero-order chi connectivity index (χ0) is 35.1. The van der Waals surface area contributed by atoms with Gasteiger partial charge in [-0.05, 0) is 132 Å². The molecule has 0 bridgehead atoms. The summed E-state index contributed by atoms with van der Waals surface area (Å²) in [4.78, 5) is 10.9. The molecule has 0 N–H and O–H groups in total. The van der Waals surface area contributed by atoms with Gasteiger partial charge in [-0.2, -0.15) is 0 Å². The van der Waals surface area contributed by atoms with E-state index < -0.39 is 0 Å². The zero-order valence-corrected chi connectivity index (χ0v) is 28.9. The van der Waals surface area contributed by atoms with Crippen molar-refractivity contribution in [3.05, 3.63) is 201 Å². The van der Waals surface area contributed by atoms with Crippen LogP contribution in [-0.2, 0) is 0 Å². The SMILES string of the molecule is c1ccc(-c2ccc3c(ccc4cc(N(c5ccc(-c6ccc7cnccc7c6)cc5)c5ccc(-c6ccc7cnccc7c6)cc5)ccc43)c2)cc1. The summed E-state index contributed by atoms with van der Waals surface area (Å²) >= 11 is 0. The molecule has 0 amide bonds. The molecule has 2 aromatic heterocycles. The summed E-state index contributed by atoms with van der Waals surface area (Å²) in [5, 5.41) is 9.60. The number of anilines is 3. The van der Waals surface area contributed by atoms with Crippen LogP contribution in [-0.4, -0.2) is 9.97 Å². The van der Waals surface area contributed by atoms with Gasteiger partial charge in [0.1, 0.15) is 0 Å². The lowest BCUT2D eigenvalue weighted by atomic mass is 9.97. The van der Waals surface area contributed by atoms with Crippen LogP contribution in [0.4, 0.5) is 17.1 Å². The molecule has 0 atom stereocenters. The van der Waals surface area contributed by atoms with E-state index in [9.17, 15) is 0 Å². The van der Waals surface area contributed by atoms with Crippen molar-refractivity contribution in [3.8, 4) is 33.4 Å². The summed E-state index contributed by atoms with van der Waals surface area (Å²) in [5.41, 5.74) is 10.5. The van der Waals surface area contributed by atoms with Crippen LogP contribution in [0, 0.1) is 0 Å². The Balaban J connectivity index is 1.05. The van der Waals surface area contributed by atoms with E-state index in [1.54, 1.807) is 0 Å². The third-order valence-electron chi connectivity index (χ3n) is 10.4. The summed E-state index contributed by atoms with van der Waals surface area (Å²) in [6, 6.07) is 63.8. The van der Waals surface area contributed by atoms with Crippen molar-refractivity contribution in [1.82, 2.24) is 9.97 Å². The Labute approximate surface area is 308 Å². The third-order valence-corrected chi connectivity index (χ3v) is 10.4. The molecule has 0 unspecified atom stereocenters. The Kier molecular flexibility index (Phi) is 7.47. The number of rotatable bonds is 6. The number of aromatic nitrogens is 2. The minimum Gasteiger partial charge on any atom is -0.310 e. The maximum absolute atomic E-state index is 4.28. The molecule has 0 saturated carbocycles. The molecule has 248 valence electrons. The number of fused-ring (bicyclic) bond motifs is 5. The molecule has 0 saturated heterocycles. The first-order valence-corrected chi connectivity index (χ1v) is 17.9. The fourth-order valence-electron chi connectivity index (χ4n) is 7.59. The second-order valence-corrected chi connectivity index (χ2v) is 13.6. The Morgan fingerprint density at radius 3 is 1.26 bits per heavy atom. The molecule has 0 aliphatic heterocycles. The van der Waals surface area contributed by atoms with Crippen LogP contribution in [0.2, 0.25) is 0 Å². The van der Waals surface area contributed by atoms with Crippen LogP contribution in [0.3, 0.4) is 0 Å². The molecule has 0 spiro atoms. The molecule has 2 heterocycles. The maximum Gasteiger partial charge on any atom is 0.0468 e. The second kappa shape index (κ2) is 12.9. The summed E-state index contributed by atoms with van der Waals surface area (Å²) in [6.45, 7) is 0. The van der Waals surface area contributed by atoms with Crippen molar-refractivity contribution in [3.63, 3.8) is 0 Å². The summed E-state index contributed by atoms with van der Waals surface area (Å²) < 4.78 is 0. The number of hydrogen-bond donors (Lipinski definition) is 0. The van der Waals surface area contributed by atoms with E-state index >= 15 is 0 Å². The fourth-order valence-corrected chi connectivity index (χ4v) is 7.59. The Morgan fingerprint density at radius 2 is 0.698 bits per heavy atom. The van der Waals surface area contributed by atoms with Gasteiger partial charge in [0, 0.05) is 52.6 Å². The quantitative estimate of drug-likeness (QED) is 0.164. The molecule has 0 aliphatic carbocycles. The van der Waals surface area contributed by atoms with Crippen molar-refractivity contribution < 1.29 is 0 Å². The standard InChI is InChI=1S/C50H33N3/c1-2-4-34(5-3-1)39-16-22-49-42(30-39)8-9-43-31-48(21-23-50(43)49)53(46-17-12-35(13-18-46)37-6-10-44-32-51-26-24-40(44)28-37)47-19-14-36(15-20-47)38-7-11-45-33-52-27-25-41(45)29-38/h1-33H. The van der Waals surface area contributed by atoms with Crippen LogP contribution in [0.15, 0.2) is 201 Å². The van der Waals surface area contributed by atoms with Crippen LogP contribution in [0.1, 0.15) is 0 Å². The predicted molar refractivity (Wildman–Crippen MR) is 223 cm³/mol. The number of benzene rings is 8. The van der Waals surface area contributed by atoms with E-state index in [1.807, 2.05) is 24.8 Å². The summed E-state index contributed by atoms with van der Waals surface area (Å²) in [6.07, 6.45) is 7.53.